The molecule has 0 spiro atoms. The molecule has 0 aliphatic carbocycles. The molecular weight excluding hydrogens is 239 g/mol. The zero-order valence-electron chi connectivity index (χ0n) is 9.89. The average Bonchev–Trinajstić information content (AvgIpc) is 2.78. The van der Waals surface area contributed by atoms with Crippen LogP contribution >= 0.6 is 0 Å². The van der Waals surface area contributed by atoms with E-state index in [-0.39, 0.29) is 18.2 Å². The van der Waals surface area contributed by atoms with E-state index in [9.17, 15) is 9.50 Å². The molecule has 0 radical (unpaired) electrons. The van der Waals surface area contributed by atoms with Gasteiger partial charge < -0.3 is 14.4 Å². The minimum Gasteiger partial charge on any atom is -0.507 e. The van der Waals surface area contributed by atoms with Crippen molar-refractivity contribution >= 4 is 0 Å². The highest BCUT2D eigenvalue weighted by atomic mass is 19.1. The molecule has 0 aliphatic heterocycles. The van der Waals surface area contributed by atoms with Gasteiger partial charge in [-0.25, -0.2) is 4.39 Å². The average molecular weight is 252 g/mol. The molecule has 2 aromatic rings. The Morgan fingerprint density at radius 2 is 2.28 bits per heavy atom. The molecule has 18 heavy (non-hydrogen) atoms. The van der Waals surface area contributed by atoms with E-state index in [0.29, 0.717) is 18.0 Å². The first kappa shape index (κ1) is 12.5. The molecule has 5 nitrogen and oxygen atoms in total. The number of hydrogen-bond acceptors (Lipinski definition) is 5. The van der Waals surface area contributed by atoms with Gasteiger partial charge in [0.25, 0.3) is 5.89 Å². The molecule has 0 atom stereocenters. The van der Waals surface area contributed by atoms with Crippen LogP contribution in [0.4, 0.5) is 4.39 Å². The van der Waals surface area contributed by atoms with Crippen LogP contribution in [0.2, 0.25) is 0 Å². The second-order valence-corrected chi connectivity index (χ2v) is 3.73. The van der Waals surface area contributed by atoms with Gasteiger partial charge in [0.2, 0.25) is 0 Å². The number of phenols is 1. The molecule has 0 saturated heterocycles. The molecule has 1 aromatic heterocycles. The first-order valence-electron chi connectivity index (χ1n) is 5.60. The van der Waals surface area contributed by atoms with Crippen LogP contribution in [-0.4, -0.2) is 21.9 Å². The maximum absolute atomic E-state index is 12.8. The van der Waals surface area contributed by atoms with E-state index in [1.54, 1.807) is 0 Å². The van der Waals surface area contributed by atoms with E-state index < -0.39 is 5.82 Å². The van der Waals surface area contributed by atoms with Gasteiger partial charge in [-0.3, -0.25) is 0 Å². The third kappa shape index (κ3) is 2.84. The van der Waals surface area contributed by atoms with Crippen molar-refractivity contribution in [3.63, 3.8) is 0 Å². The Balaban J connectivity index is 2.13. The van der Waals surface area contributed by atoms with Crippen molar-refractivity contribution in [3.8, 4) is 17.2 Å². The Labute approximate surface area is 103 Å². The van der Waals surface area contributed by atoms with Crippen molar-refractivity contribution in [2.75, 3.05) is 6.61 Å². The fourth-order valence-corrected chi connectivity index (χ4v) is 1.42. The minimum atomic E-state index is -0.526. The summed E-state index contributed by atoms with van der Waals surface area (Å²) >= 11 is 0. The topological polar surface area (TPSA) is 68.4 Å². The van der Waals surface area contributed by atoms with Crippen LogP contribution in [0, 0.1) is 5.82 Å². The van der Waals surface area contributed by atoms with Crippen molar-refractivity contribution in [1.82, 2.24) is 10.1 Å². The van der Waals surface area contributed by atoms with Gasteiger partial charge in [-0.2, -0.15) is 4.98 Å². The summed E-state index contributed by atoms with van der Waals surface area (Å²) in [7, 11) is 0. The Morgan fingerprint density at radius 3 is 3.00 bits per heavy atom. The molecule has 1 N–H and O–H groups in total. The first-order chi connectivity index (χ1) is 8.70. The fraction of sp³-hybridized carbons (Fsp3) is 0.333. The molecule has 0 bridgehead atoms. The predicted molar refractivity (Wildman–Crippen MR) is 61.3 cm³/mol. The van der Waals surface area contributed by atoms with Crippen molar-refractivity contribution in [3.05, 3.63) is 29.8 Å². The quantitative estimate of drug-likeness (QED) is 0.828. The standard InChI is InChI=1S/C12H13FN2O3/c1-2-5-17-7-11-14-12(18-15-11)9-4-3-8(13)6-10(9)16/h3-4,6,16H,2,5,7H2,1H3. The SMILES string of the molecule is CCCOCc1noc(-c2ccc(F)cc2O)n1. The van der Waals surface area contributed by atoms with Crippen molar-refractivity contribution < 1.29 is 18.8 Å². The summed E-state index contributed by atoms with van der Waals surface area (Å²) in [5, 5.41) is 13.3. The maximum atomic E-state index is 12.8. The predicted octanol–water partition coefficient (Wildman–Crippen LogP) is 2.51. The lowest BCUT2D eigenvalue weighted by atomic mass is 10.2. The molecule has 0 saturated carbocycles. The second kappa shape index (κ2) is 5.59. The third-order valence-corrected chi connectivity index (χ3v) is 2.24. The second-order valence-electron chi connectivity index (χ2n) is 3.73. The van der Waals surface area contributed by atoms with Gasteiger partial charge in [0.1, 0.15) is 18.2 Å². The van der Waals surface area contributed by atoms with Crippen LogP contribution in [-0.2, 0) is 11.3 Å². The number of phenolic OH excluding ortho intramolecular Hbond substituents is 1. The van der Waals surface area contributed by atoms with Gasteiger partial charge in [-0.1, -0.05) is 12.1 Å². The number of aromatic nitrogens is 2. The number of rotatable bonds is 5. The van der Waals surface area contributed by atoms with Crippen LogP contribution in [0.1, 0.15) is 19.2 Å². The lowest BCUT2D eigenvalue weighted by Gasteiger charge is -1.98. The van der Waals surface area contributed by atoms with Gasteiger partial charge >= 0.3 is 0 Å². The Morgan fingerprint density at radius 1 is 1.44 bits per heavy atom. The third-order valence-electron chi connectivity index (χ3n) is 2.24. The molecule has 0 unspecified atom stereocenters. The molecule has 0 amide bonds. The Kier molecular flexibility index (Phi) is 3.88. The maximum Gasteiger partial charge on any atom is 0.261 e. The molecule has 1 heterocycles. The monoisotopic (exact) mass is 252 g/mol. The fourth-order valence-electron chi connectivity index (χ4n) is 1.42. The molecule has 2 rings (SSSR count). The lowest BCUT2D eigenvalue weighted by molar-refractivity contribution is 0.114. The number of ether oxygens (including phenoxy) is 1. The summed E-state index contributed by atoms with van der Waals surface area (Å²) in [6, 6.07) is 3.59. The summed E-state index contributed by atoms with van der Waals surface area (Å²) < 4.78 is 23.1. The number of aromatic hydroxyl groups is 1. The highest BCUT2D eigenvalue weighted by Gasteiger charge is 2.13. The normalized spacial score (nSPS) is 10.8. The van der Waals surface area contributed by atoms with Crippen LogP contribution in [0.25, 0.3) is 11.5 Å². The summed E-state index contributed by atoms with van der Waals surface area (Å²) in [5.41, 5.74) is 0.297. The van der Waals surface area contributed by atoms with E-state index in [4.69, 9.17) is 9.26 Å². The van der Waals surface area contributed by atoms with Crippen molar-refractivity contribution in [2.45, 2.75) is 20.0 Å². The molecular formula is C12H13FN2O3. The molecule has 1 aromatic carbocycles. The zero-order chi connectivity index (χ0) is 13.0. The van der Waals surface area contributed by atoms with Crippen LogP contribution in [0.5, 0.6) is 5.75 Å². The van der Waals surface area contributed by atoms with Crippen LogP contribution < -0.4 is 0 Å². The molecule has 96 valence electrons. The molecule has 6 heteroatoms. The van der Waals surface area contributed by atoms with Crippen LogP contribution in [0.3, 0.4) is 0 Å². The highest BCUT2D eigenvalue weighted by molar-refractivity contribution is 5.61. The lowest BCUT2D eigenvalue weighted by Crippen LogP contribution is -1.95. The Hall–Kier alpha value is -1.95. The van der Waals surface area contributed by atoms with E-state index in [1.807, 2.05) is 6.92 Å². The molecule has 0 fully saturated rings. The minimum absolute atomic E-state index is 0.141. The van der Waals surface area contributed by atoms with Gasteiger partial charge in [0.15, 0.2) is 5.82 Å². The Bertz CT molecular complexity index is 528. The first-order valence-corrected chi connectivity index (χ1v) is 5.60. The zero-order valence-corrected chi connectivity index (χ0v) is 9.89. The van der Waals surface area contributed by atoms with Gasteiger partial charge in [0, 0.05) is 12.7 Å². The van der Waals surface area contributed by atoms with Crippen LogP contribution in [0.15, 0.2) is 22.7 Å². The summed E-state index contributed by atoms with van der Waals surface area (Å²) in [4.78, 5) is 4.06. The number of hydrogen-bond donors (Lipinski definition) is 1. The van der Waals surface area contributed by atoms with Gasteiger partial charge in [-0.15, -0.1) is 0 Å². The molecule has 0 aliphatic rings. The smallest absolute Gasteiger partial charge is 0.261 e. The number of benzene rings is 1. The van der Waals surface area contributed by atoms with Crippen molar-refractivity contribution in [1.29, 1.82) is 0 Å². The van der Waals surface area contributed by atoms with E-state index >= 15 is 0 Å². The number of nitrogens with zero attached hydrogens (tertiary/aromatic N) is 2. The van der Waals surface area contributed by atoms with E-state index in [2.05, 4.69) is 10.1 Å². The van der Waals surface area contributed by atoms with Crippen molar-refractivity contribution in [2.24, 2.45) is 0 Å². The highest BCUT2D eigenvalue weighted by Crippen LogP contribution is 2.28. The largest absolute Gasteiger partial charge is 0.507 e. The summed E-state index contributed by atoms with van der Waals surface area (Å²) in [6.07, 6.45) is 0.906. The van der Waals surface area contributed by atoms with Gasteiger partial charge in [0.05, 0.1) is 5.56 Å². The summed E-state index contributed by atoms with van der Waals surface area (Å²) in [5.74, 6) is -0.230. The van der Waals surface area contributed by atoms with E-state index in [1.165, 1.54) is 12.1 Å². The summed E-state index contributed by atoms with van der Waals surface area (Å²) in [6.45, 7) is 2.86. The van der Waals surface area contributed by atoms with E-state index in [0.717, 1.165) is 12.5 Å². The number of halogens is 1. The van der Waals surface area contributed by atoms with Gasteiger partial charge in [-0.05, 0) is 18.6 Å².